The van der Waals surface area contributed by atoms with E-state index in [0.29, 0.717) is 35.6 Å². The van der Waals surface area contributed by atoms with E-state index in [2.05, 4.69) is 47.4 Å². The average molecular weight is 622 g/mol. The molecule has 1 N–H and O–H groups in total. The Kier molecular flexibility index (Phi) is 6.01. The molecule has 9 heteroatoms. The number of tetrazole rings is 1. The summed E-state index contributed by atoms with van der Waals surface area (Å²) in [6.07, 6.45) is 6.16. The molecule has 1 fully saturated rings. The van der Waals surface area contributed by atoms with Crippen LogP contribution in [0.1, 0.15) is 87.5 Å². The van der Waals surface area contributed by atoms with Crippen molar-refractivity contribution in [2.24, 2.45) is 0 Å². The van der Waals surface area contributed by atoms with Gasteiger partial charge in [0.05, 0.1) is 17.8 Å². The van der Waals surface area contributed by atoms with Gasteiger partial charge in [-0.15, -0.1) is 5.10 Å². The zero-order chi connectivity index (χ0) is 28.4. The molecule has 1 unspecified atom stereocenters. The highest BCUT2D eigenvalue weighted by molar-refractivity contribution is 9.10. The van der Waals surface area contributed by atoms with Crippen molar-refractivity contribution in [3.05, 3.63) is 111 Å². The monoisotopic (exact) mass is 620 g/mol. The van der Waals surface area contributed by atoms with E-state index in [4.69, 9.17) is 0 Å². The molecule has 1 atom stereocenters. The summed E-state index contributed by atoms with van der Waals surface area (Å²) in [6.45, 7) is 0.485. The van der Waals surface area contributed by atoms with Crippen LogP contribution in [-0.2, 0) is 12.0 Å². The Labute approximate surface area is 251 Å². The van der Waals surface area contributed by atoms with E-state index in [1.807, 2.05) is 59.3 Å². The number of ketones is 2. The van der Waals surface area contributed by atoms with Crippen molar-refractivity contribution in [3.8, 4) is 0 Å². The zero-order valence-corrected chi connectivity index (χ0v) is 24.5. The van der Waals surface area contributed by atoms with Gasteiger partial charge in [-0.25, -0.2) is 4.68 Å². The number of aromatic nitrogens is 5. The maximum absolute atomic E-state index is 14.8. The minimum absolute atomic E-state index is 0.179. The largest absolute Gasteiger partial charge is 0.356 e. The molecule has 2 aliphatic carbocycles. The van der Waals surface area contributed by atoms with Crippen LogP contribution < -0.4 is 0 Å². The molecule has 2 aromatic heterocycles. The highest BCUT2D eigenvalue weighted by atomic mass is 79.9. The van der Waals surface area contributed by atoms with Crippen LogP contribution in [0.5, 0.6) is 0 Å². The van der Waals surface area contributed by atoms with Crippen molar-refractivity contribution in [3.63, 3.8) is 0 Å². The van der Waals surface area contributed by atoms with Crippen molar-refractivity contribution in [2.45, 2.75) is 56.1 Å². The Morgan fingerprint density at radius 2 is 1.57 bits per heavy atom. The maximum atomic E-state index is 14.8. The summed E-state index contributed by atoms with van der Waals surface area (Å²) >= 11 is 3.58. The summed E-state index contributed by atoms with van der Waals surface area (Å²) in [5.74, 6) is 0.267. The number of halogens is 1. The average Bonchev–Trinajstić information content (AvgIpc) is 3.72. The van der Waals surface area contributed by atoms with E-state index < -0.39 is 11.6 Å². The molecule has 210 valence electrons. The van der Waals surface area contributed by atoms with Gasteiger partial charge in [0.2, 0.25) is 0 Å². The van der Waals surface area contributed by atoms with Crippen LogP contribution in [0.15, 0.2) is 77.3 Å². The number of nitrogens with one attached hydrogen (secondary N) is 1. The summed E-state index contributed by atoms with van der Waals surface area (Å²) in [6, 6.07) is 23.0. The molecular weight excluding hydrogens is 592 g/mol. The molecule has 1 saturated carbocycles. The number of Topliss-reactive ketones (excluding diaryl/α,β-unsaturated/α-hetero) is 2. The van der Waals surface area contributed by atoms with Crippen LogP contribution in [0.4, 0.5) is 0 Å². The minimum atomic E-state index is -1.57. The summed E-state index contributed by atoms with van der Waals surface area (Å²) in [5.41, 5.74) is 2.89. The smallest absolute Gasteiger partial charge is 0.197 e. The molecular formula is C33H29BrN6O2. The third-order valence-corrected chi connectivity index (χ3v) is 9.99. The number of rotatable bonds is 4. The summed E-state index contributed by atoms with van der Waals surface area (Å²) < 4.78 is 2.92. The fourth-order valence-corrected chi connectivity index (χ4v) is 7.84. The predicted molar refractivity (Wildman–Crippen MR) is 161 cm³/mol. The molecule has 1 spiro atoms. The lowest BCUT2D eigenvalue weighted by Gasteiger charge is -2.46. The first-order chi connectivity index (χ1) is 20.6. The number of benzene rings is 3. The van der Waals surface area contributed by atoms with Crippen molar-refractivity contribution in [1.29, 1.82) is 0 Å². The molecule has 0 saturated heterocycles. The highest BCUT2D eigenvalue weighted by Crippen LogP contribution is 2.51. The van der Waals surface area contributed by atoms with Gasteiger partial charge < -0.3 is 4.98 Å². The van der Waals surface area contributed by atoms with Gasteiger partial charge >= 0.3 is 0 Å². The van der Waals surface area contributed by atoms with Gasteiger partial charge in [-0.05, 0) is 59.0 Å². The molecule has 8 rings (SSSR count). The number of hydrogen-bond donors (Lipinski definition) is 1. The summed E-state index contributed by atoms with van der Waals surface area (Å²) in [7, 11) is 0. The maximum Gasteiger partial charge on any atom is 0.197 e. The predicted octanol–water partition coefficient (Wildman–Crippen LogP) is 6.34. The number of nitrogens with zero attached hydrogens (tertiary/aromatic N) is 5. The summed E-state index contributed by atoms with van der Waals surface area (Å²) in [5, 5.41) is 14.4. The van der Waals surface area contributed by atoms with E-state index in [0.717, 1.165) is 52.2 Å². The van der Waals surface area contributed by atoms with E-state index in [1.165, 1.54) is 6.42 Å². The zero-order valence-electron chi connectivity index (χ0n) is 23.0. The van der Waals surface area contributed by atoms with Crippen molar-refractivity contribution in [1.82, 2.24) is 30.1 Å². The Balaban J connectivity index is 1.40. The quantitative estimate of drug-likeness (QED) is 0.235. The first-order valence-electron chi connectivity index (χ1n) is 14.7. The number of H-pyrrole nitrogens is 1. The lowest BCUT2D eigenvalue weighted by Crippen LogP contribution is -2.59. The standard InChI is InChI=1S/C33H29BrN6O2/c34-21-16-14-20(15-17-21)28(32-36-37-38-40(32)22-8-2-1-3-9-22)39-19-18-24-23-10-6-7-13-27(23)35-29(24)33(39)30(41)25-11-4-5-12-26(25)31(33)42/h4-7,10-17,22,28,35H,1-3,8-9,18-19H2. The molecule has 3 heterocycles. The molecule has 0 bridgehead atoms. The number of carbonyl (C=O) groups excluding carboxylic acids is 2. The van der Waals surface area contributed by atoms with E-state index in [-0.39, 0.29) is 17.6 Å². The lowest BCUT2D eigenvalue weighted by atomic mass is 9.78. The molecule has 0 radical (unpaired) electrons. The second-order valence-electron chi connectivity index (χ2n) is 11.6. The number of carbonyl (C=O) groups is 2. The fraction of sp³-hybridized carbons (Fsp3) is 0.303. The second-order valence-corrected chi connectivity index (χ2v) is 12.5. The van der Waals surface area contributed by atoms with E-state index in [1.54, 1.807) is 12.1 Å². The van der Waals surface area contributed by atoms with Crippen molar-refractivity contribution in [2.75, 3.05) is 6.54 Å². The number of para-hydroxylation sites is 1. The normalized spacial score (nSPS) is 19.4. The van der Waals surface area contributed by atoms with Gasteiger partial charge in [-0.1, -0.05) is 89.8 Å². The van der Waals surface area contributed by atoms with Gasteiger partial charge in [0, 0.05) is 33.0 Å². The Hall–Kier alpha value is -3.95. The molecule has 0 amide bonds. The van der Waals surface area contributed by atoms with Gasteiger partial charge in [0.1, 0.15) is 0 Å². The van der Waals surface area contributed by atoms with Crippen LogP contribution in [0.2, 0.25) is 0 Å². The van der Waals surface area contributed by atoms with Crippen LogP contribution in [0.25, 0.3) is 10.9 Å². The molecule has 5 aromatic rings. The SMILES string of the molecule is O=C1c2ccccc2C(=O)C12c1[nH]c3ccccc3c1CCN2C(c1ccc(Br)cc1)c1nnnn1C1CCCCC1. The lowest BCUT2D eigenvalue weighted by molar-refractivity contribution is 0.0314. The van der Waals surface area contributed by atoms with E-state index in [9.17, 15) is 9.59 Å². The Morgan fingerprint density at radius 1 is 0.881 bits per heavy atom. The highest BCUT2D eigenvalue weighted by Gasteiger charge is 2.63. The third-order valence-electron chi connectivity index (χ3n) is 9.46. The number of fused-ring (bicyclic) bond motifs is 5. The number of aromatic amines is 1. The molecule has 3 aliphatic rings. The van der Waals surface area contributed by atoms with Gasteiger partial charge in [0.25, 0.3) is 0 Å². The fourth-order valence-electron chi connectivity index (χ4n) is 7.57. The molecule has 8 nitrogen and oxygen atoms in total. The van der Waals surface area contributed by atoms with Gasteiger partial charge in [0.15, 0.2) is 22.9 Å². The summed E-state index contributed by atoms with van der Waals surface area (Å²) in [4.78, 5) is 35.3. The van der Waals surface area contributed by atoms with Crippen LogP contribution >= 0.6 is 15.9 Å². The van der Waals surface area contributed by atoms with Crippen LogP contribution in [0.3, 0.4) is 0 Å². The van der Waals surface area contributed by atoms with Gasteiger partial charge in [-0.2, -0.15) is 0 Å². The first-order valence-corrected chi connectivity index (χ1v) is 15.5. The van der Waals surface area contributed by atoms with Crippen molar-refractivity contribution < 1.29 is 9.59 Å². The first kappa shape index (κ1) is 25.7. The molecule has 1 aliphatic heterocycles. The molecule has 3 aromatic carbocycles. The van der Waals surface area contributed by atoms with Crippen LogP contribution in [-0.4, -0.2) is 48.2 Å². The van der Waals surface area contributed by atoms with Crippen LogP contribution in [0, 0.1) is 0 Å². The minimum Gasteiger partial charge on any atom is -0.356 e. The number of hydrogen-bond acceptors (Lipinski definition) is 6. The van der Waals surface area contributed by atoms with E-state index >= 15 is 0 Å². The topological polar surface area (TPSA) is 96.8 Å². The third kappa shape index (κ3) is 3.59. The Bertz CT molecular complexity index is 1820. The van der Waals surface area contributed by atoms with Crippen molar-refractivity contribution >= 4 is 38.4 Å². The van der Waals surface area contributed by atoms with Gasteiger partial charge in [-0.3, -0.25) is 14.5 Å². The Morgan fingerprint density at radius 3 is 2.31 bits per heavy atom. The molecule has 42 heavy (non-hydrogen) atoms. The second kappa shape index (κ2) is 9.81.